The summed E-state index contributed by atoms with van der Waals surface area (Å²) in [5.41, 5.74) is -0.491. The van der Waals surface area contributed by atoms with Gasteiger partial charge in [0.25, 0.3) is 0 Å². The molecular formula is C14H20N2O4S. The van der Waals surface area contributed by atoms with Crippen LogP contribution in [0.1, 0.15) is 24.2 Å². The van der Waals surface area contributed by atoms with E-state index < -0.39 is 21.5 Å². The maximum atomic E-state index is 12.9. The Morgan fingerprint density at radius 2 is 2.00 bits per heavy atom. The predicted octanol–water partition coefficient (Wildman–Crippen LogP) is 0.846. The normalized spacial score (nSPS) is 19.2. The lowest BCUT2D eigenvalue weighted by Gasteiger charge is -2.41. The van der Waals surface area contributed by atoms with Crippen LogP contribution in [0, 0.1) is 0 Å². The Bertz CT molecular complexity index is 640. The summed E-state index contributed by atoms with van der Waals surface area (Å²) in [6, 6.07) is 6.14. The highest BCUT2D eigenvalue weighted by Crippen LogP contribution is 2.28. The summed E-state index contributed by atoms with van der Waals surface area (Å²) in [6.07, 6.45) is 0. The molecule has 0 spiro atoms. The molecule has 1 fully saturated rings. The molecular weight excluding hydrogens is 292 g/mol. The van der Waals surface area contributed by atoms with Crippen molar-refractivity contribution in [1.29, 1.82) is 0 Å². The lowest BCUT2D eigenvalue weighted by molar-refractivity contribution is 0.0595. The summed E-state index contributed by atoms with van der Waals surface area (Å²) >= 11 is 0. The van der Waals surface area contributed by atoms with E-state index in [0.29, 0.717) is 19.6 Å². The molecule has 6 nitrogen and oxygen atoms in total. The molecule has 1 aromatic rings. The fourth-order valence-electron chi connectivity index (χ4n) is 2.50. The van der Waals surface area contributed by atoms with Gasteiger partial charge in [0.15, 0.2) is 0 Å². The Morgan fingerprint density at radius 1 is 1.33 bits per heavy atom. The van der Waals surface area contributed by atoms with Crippen molar-refractivity contribution in [3.8, 4) is 0 Å². The molecule has 21 heavy (non-hydrogen) atoms. The molecule has 1 aromatic carbocycles. The summed E-state index contributed by atoms with van der Waals surface area (Å²) in [5, 5.41) is 3.18. The molecule has 0 aromatic heterocycles. The van der Waals surface area contributed by atoms with Gasteiger partial charge in [-0.3, -0.25) is 0 Å². The molecule has 0 saturated carbocycles. The minimum atomic E-state index is -3.76. The number of nitrogens with one attached hydrogen (secondary N) is 1. The van der Waals surface area contributed by atoms with Gasteiger partial charge in [0.2, 0.25) is 10.0 Å². The van der Waals surface area contributed by atoms with Gasteiger partial charge in [-0.2, -0.15) is 4.31 Å². The van der Waals surface area contributed by atoms with Gasteiger partial charge in [0.1, 0.15) is 0 Å². The van der Waals surface area contributed by atoms with E-state index in [1.165, 1.54) is 23.5 Å². The van der Waals surface area contributed by atoms with E-state index in [2.05, 4.69) is 10.1 Å². The lowest BCUT2D eigenvalue weighted by atomic mass is 10.0. The van der Waals surface area contributed by atoms with E-state index in [1.807, 2.05) is 13.8 Å². The molecule has 0 aliphatic carbocycles. The standard InChI is InChI=1S/C14H20N2O4S/c1-14(2)10-15-8-9-16(14)21(18,19)12-7-5-4-6-11(12)13(17)20-3/h4-7,15H,8-10H2,1-3H3. The average Bonchev–Trinajstić information content (AvgIpc) is 2.45. The van der Waals surface area contributed by atoms with Crippen molar-refractivity contribution in [2.75, 3.05) is 26.7 Å². The fourth-order valence-corrected chi connectivity index (χ4v) is 4.46. The number of nitrogens with zero attached hydrogens (tertiary/aromatic N) is 1. The highest BCUT2D eigenvalue weighted by molar-refractivity contribution is 7.89. The smallest absolute Gasteiger partial charge is 0.339 e. The number of sulfonamides is 1. The van der Waals surface area contributed by atoms with Crippen LogP contribution in [0.15, 0.2) is 29.2 Å². The summed E-state index contributed by atoms with van der Waals surface area (Å²) in [5.74, 6) is -0.651. The minimum absolute atomic E-state index is 0.00757. The van der Waals surface area contributed by atoms with E-state index >= 15 is 0 Å². The van der Waals surface area contributed by atoms with Gasteiger partial charge in [-0.15, -0.1) is 0 Å². The van der Waals surface area contributed by atoms with Crippen molar-refractivity contribution in [2.24, 2.45) is 0 Å². The SMILES string of the molecule is COC(=O)c1ccccc1S(=O)(=O)N1CCNCC1(C)C. The number of benzene rings is 1. The Labute approximate surface area is 125 Å². The number of ether oxygens (including phenoxy) is 1. The second kappa shape index (κ2) is 5.75. The molecule has 1 saturated heterocycles. The van der Waals surface area contributed by atoms with E-state index in [1.54, 1.807) is 12.1 Å². The fraction of sp³-hybridized carbons (Fsp3) is 0.500. The Hall–Kier alpha value is -1.44. The Morgan fingerprint density at radius 3 is 2.62 bits per heavy atom. The number of esters is 1. The van der Waals surface area contributed by atoms with Crippen molar-refractivity contribution in [3.05, 3.63) is 29.8 Å². The molecule has 7 heteroatoms. The van der Waals surface area contributed by atoms with Crippen LogP contribution in [0.25, 0.3) is 0 Å². The van der Waals surface area contributed by atoms with Gasteiger partial charge < -0.3 is 10.1 Å². The topological polar surface area (TPSA) is 75.7 Å². The third-order valence-corrected chi connectivity index (χ3v) is 5.75. The summed E-state index contributed by atoms with van der Waals surface area (Å²) in [6.45, 7) is 5.23. The zero-order valence-corrected chi connectivity index (χ0v) is 13.2. The van der Waals surface area contributed by atoms with E-state index in [9.17, 15) is 13.2 Å². The van der Waals surface area contributed by atoms with Gasteiger partial charge >= 0.3 is 5.97 Å². The van der Waals surface area contributed by atoms with Crippen LogP contribution in [-0.2, 0) is 14.8 Å². The molecule has 0 amide bonds. The molecule has 0 radical (unpaired) electrons. The van der Waals surface area contributed by atoms with Crippen molar-refractivity contribution >= 4 is 16.0 Å². The van der Waals surface area contributed by atoms with Gasteiger partial charge in [-0.25, -0.2) is 13.2 Å². The summed E-state index contributed by atoms with van der Waals surface area (Å²) in [4.78, 5) is 11.8. The Balaban J connectivity index is 2.52. The van der Waals surface area contributed by atoms with Gasteiger partial charge in [-0.05, 0) is 26.0 Å². The zero-order valence-electron chi connectivity index (χ0n) is 12.4. The predicted molar refractivity (Wildman–Crippen MR) is 78.6 cm³/mol. The van der Waals surface area contributed by atoms with Crippen LogP contribution in [-0.4, -0.2) is 51.0 Å². The minimum Gasteiger partial charge on any atom is -0.465 e. The summed E-state index contributed by atoms with van der Waals surface area (Å²) in [7, 11) is -2.53. The van der Waals surface area contributed by atoms with Crippen molar-refractivity contribution in [1.82, 2.24) is 9.62 Å². The Kier molecular flexibility index (Phi) is 4.36. The highest BCUT2D eigenvalue weighted by Gasteiger charge is 2.40. The second-order valence-corrected chi connectivity index (χ2v) is 7.38. The number of rotatable bonds is 3. The van der Waals surface area contributed by atoms with Crippen LogP contribution < -0.4 is 5.32 Å². The largest absolute Gasteiger partial charge is 0.465 e. The quantitative estimate of drug-likeness (QED) is 0.837. The monoisotopic (exact) mass is 312 g/mol. The zero-order chi connectivity index (χ0) is 15.7. The third-order valence-electron chi connectivity index (χ3n) is 3.58. The van der Waals surface area contributed by atoms with Crippen molar-refractivity contribution < 1.29 is 17.9 Å². The molecule has 0 unspecified atom stereocenters. The van der Waals surface area contributed by atoms with Crippen LogP contribution in [0.2, 0.25) is 0 Å². The number of piperazine rings is 1. The van der Waals surface area contributed by atoms with Crippen LogP contribution in [0.3, 0.4) is 0 Å². The summed E-state index contributed by atoms with van der Waals surface area (Å²) < 4.78 is 32.0. The van der Waals surface area contributed by atoms with Crippen LogP contribution in [0.4, 0.5) is 0 Å². The number of carbonyl (C=O) groups excluding carboxylic acids is 1. The first-order chi connectivity index (χ1) is 9.80. The molecule has 1 heterocycles. The maximum Gasteiger partial charge on any atom is 0.339 e. The van der Waals surface area contributed by atoms with E-state index in [4.69, 9.17) is 0 Å². The molecule has 1 aliphatic heterocycles. The van der Waals surface area contributed by atoms with Gasteiger partial charge in [-0.1, -0.05) is 12.1 Å². The van der Waals surface area contributed by atoms with Crippen LogP contribution >= 0.6 is 0 Å². The van der Waals surface area contributed by atoms with Crippen molar-refractivity contribution in [3.63, 3.8) is 0 Å². The number of carbonyl (C=O) groups is 1. The number of hydrogen-bond donors (Lipinski definition) is 1. The highest BCUT2D eigenvalue weighted by atomic mass is 32.2. The number of methoxy groups -OCH3 is 1. The van der Waals surface area contributed by atoms with Crippen molar-refractivity contribution in [2.45, 2.75) is 24.3 Å². The van der Waals surface area contributed by atoms with E-state index in [0.717, 1.165) is 0 Å². The first-order valence-corrected chi connectivity index (χ1v) is 8.15. The van der Waals surface area contributed by atoms with Gasteiger partial charge in [0, 0.05) is 25.2 Å². The lowest BCUT2D eigenvalue weighted by Crippen LogP contribution is -2.59. The van der Waals surface area contributed by atoms with E-state index in [-0.39, 0.29) is 10.5 Å². The molecule has 2 rings (SSSR count). The second-order valence-electron chi connectivity index (χ2n) is 5.55. The maximum absolute atomic E-state index is 12.9. The molecule has 1 aliphatic rings. The third kappa shape index (κ3) is 2.95. The van der Waals surface area contributed by atoms with Crippen LogP contribution in [0.5, 0.6) is 0 Å². The van der Waals surface area contributed by atoms with Gasteiger partial charge in [0.05, 0.1) is 17.6 Å². The average molecular weight is 312 g/mol. The first-order valence-electron chi connectivity index (χ1n) is 6.71. The number of hydrogen-bond acceptors (Lipinski definition) is 5. The molecule has 0 bridgehead atoms. The molecule has 116 valence electrons. The first kappa shape index (κ1) is 15.9. The molecule has 0 atom stereocenters. The molecule has 1 N–H and O–H groups in total.